The van der Waals surface area contributed by atoms with E-state index in [1.54, 1.807) is 0 Å². The maximum absolute atomic E-state index is 6.24. The monoisotopic (exact) mass is 308 g/mol. The third-order valence-electron chi connectivity index (χ3n) is 2.86. The van der Waals surface area contributed by atoms with E-state index in [1.807, 2.05) is 24.3 Å². The summed E-state index contributed by atoms with van der Waals surface area (Å²) >= 11 is 9.83. The minimum Gasteiger partial charge on any atom is -0.0921 e. The molecule has 0 aliphatic heterocycles. The molecule has 0 radical (unpaired) electrons. The van der Waals surface area contributed by atoms with Crippen LogP contribution in [0.5, 0.6) is 0 Å². The van der Waals surface area contributed by atoms with E-state index in [2.05, 4.69) is 46.3 Å². The molecule has 2 heteroatoms. The highest BCUT2D eigenvalue weighted by Crippen LogP contribution is 2.28. The van der Waals surface area contributed by atoms with Gasteiger partial charge in [-0.15, -0.1) is 0 Å². The van der Waals surface area contributed by atoms with Gasteiger partial charge in [-0.1, -0.05) is 76.1 Å². The molecule has 0 saturated heterocycles. The van der Waals surface area contributed by atoms with Crippen molar-refractivity contribution in [1.29, 1.82) is 0 Å². The van der Waals surface area contributed by atoms with E-state index in [1.165, 1.54) is 11.1 Å². The van der Waals surface area contributed by atoms with Crippen LogP contribution in [0.2, 0.25) is 5.02 Å². The van der Waals surface area contributed by atoms with Crippen LogP contribution in [-0.2, 0) is 6.42 Å². The van der Waals surface area contributed by atoms with Gasteiger partial charge in [0.15, 0.2) is 0 Å². The fraction of sp³-hybridized carbons (Fsp3) is 0.200. The zero-order valence-corrected chi connectivity index (χ0v) is 11.8. The second-order valence-corrected chi connectivity index (χ2v) is 5.12. The third-order valence-corrected chi connectivity index (χ3v) is 3.98. The minimum absolute atomic E-state index is 0.422. The smallest absolute Gasteiger partial charge is 0.0441 e. The van der Waals surface area contributed by atoms with E-state index in [0.29, 0.717) is 5.92 Å². The average molecular weight is 310 g/mol. The average Bonchev–Trinajstić information content (AvgIpc) is 2.38. The molecule has 2 aromatic rings. The molecular formula is C15H14BrCl. The maximum atomic E-state index is 6.24. The molecule has 1 unspecified atom stereocenters. The third kappa shape index (κ3) is 3.34. The predicted octanol–water partition coefficient (Wildman–Crippen LogP) is 5.06. The number of benzene rings is 2. The summed E-state index contributed by atoms with van der Waals surface area (Å²) in [5.74, 6) is 0.422. The number of hydrogen-bond donors (Lipinski definition) is 0. The Kier molecular flexibility index (Phi) is 4.64. The summed E-state index contributed by atoms with van der Waals surface area (Å²) in [5.41, 5.74) is 2.56. The van der Waals surface area contributed by atoms with Crippen molar-refractivity contribution in [2.45, 2.75) is 12.3 Å². The molecule has 0 aliphatic carbocycles. The van der Waals surface area contributed by atoms with Crippen LogP contribution < -0.4 is 0 Å². The van der Waals surface area contributed by atoms with Crippen molar-refractivity contribution in [1.82, 2.24) is 0 Å². The van der Waals surface area contributed by atoms with Gasteiger partial charge < -0.3 is 0 Å². The largest absolute Gasteiger partial charge is 0.0921 e. The van der Waals surface area contributed by atoms with Crippen molar-refractivity contribution in [3.05, 3.63) is 70.7 Å². The normalized spacial score (nSPS) is 12.4. The van der Waals surface area contributed by atoms with Crippen LogP contribution in [-0.4, -0.2) is 5.33 Å². The molecule has 0 bridgehead atoms. The van der Waals surface area contributed by atoms with E-state index in [9.17, 15) is 0 Å². The lowest BCUT2D eigenvalue weighted by Crippen LogP contribution is -2.05. The van der Waals surface area contributed by atoms with Gasteiger partial charge in [0.25, 0.3) is 0 Å². The van der Waals surface area contributed by atoms with Crippen molar-refractivity contribution < 1.29 is 0 Å². The Morgan fingerprint density at radius 2 is 1.59 bits per heavy atom. The molecule has 0 spiro atoms. The molecule has 88 valence electrons. The van der Waals surface area contributed by atoms with Crippen LogP contribution >= 0.6 is 27.5 Å². The number of rotatable bonds is 4. The zero-order chi connectivity index (χ0) is 12.1. The molecule has 2 aromatic carbocycles. The molecule has 1 atom stereocenters. The fourth-order valence-electron chi connectivity index (χ4n) is 1.95. The van der Waals surface area contributed by atoms with Crippen LogP contribution in [0.25, 0.3) is 0 Å². The highest BCUT2D eigenvalue weighted by molar-refractivity contribution is 9.09. The summed E-state index contributed by atoms with van der Waals surface area (Å²) in [5, 5.41) is 1.78. The lowest BCUT2D eigenvalue weighted by molar-refractivity contribution is 0.776. The van der Waals surface area contributed by atoms with Crippen LogP contribution in [0.3, 0.4) is 0 Å². The highest BCUT2D eigenvalue weighted by Gasteiger charge is 2.13. The molecule has 0 aliphatic rings. The van der Waals surface area contributed by atoms with E-state index in [-0.39, 0.29) is 0 Å². The summed E-state index contributed by atoms with van der Waals surface area (Å²) in [6, 6.07) is 18.6. The Morgan fingerprint density at radius 3 is 2.24 bits per heavy atom. The SMILES string of the molecule is Clc1ccccc1C(CBr)Cc1ccccc1. The van der Waals surface area contributed by atoms with Crippen LogP contribution in [0.15, 0.2) is 54.6 Å². The van der Waals surface area contributed by atoms with Gasteiger partial charge >= 0.3 is 0 Å². The lowest BCUT2D eigenvalue weighted by Gasteiger charge is -2.16. The van der Waals surface area contributed by atoms with Crippen molar-refractivity contribution in [3.8, 4) is 0 Å². The summed E-state index contributed by atoms with van der Waals surface area (Å²) in [7, 11) is 0. The second-order valence-electron chi connectivity index (χ2n) is 4.06. The Hall–Kier alpha value is -0.790. The molecule has 0 aromatic heterocycles. The van der Waals surface area contributed by atoms with Gasteiger partial charge in [-0.3, -0.25) is 0 Å². The predicted molar refractivity (Wildman–Crippen MR) is 78.1 cm³/mol. The maximum Gasteiger partial charge on any atom is 0.0441 e. The van der Waals surface area contributed by atoms with Gasteiger partial charge in [0.1, 0.15) is 0 Å². The highest BCUT2D eigenvalue weighted by atomic mass is 79.9. The Morgan fingerprint density at radius 1 is 0.941 bits per heavy atom. The van der Waals surface area contributed by atoms with E-state index in [0.717, 1.165) is 16.8 Å². The van der Waals surface area contributed by atoms with Crippen molar-refractivity contribution in [2.75, 3.05) is 5.33 Å². The van der Waals surface area contributed by atoms with Crippen molar-refractivity contribution in [2.24, 2.45) is 0 Å². The molecule has 0 nitrogen and oxygen atoms in total. The molecule has 2 rings (SSSR count). The Balaban J connectivity index is 2.21. The lowest BCUT2D eigenvalue weighted by atomic mass is 9.94. The molecule has 0 heterocycles. The molecule has 0 N–H and O–H groups in total. The van der Waals surface area contributed by atoms with E-state index >= 15 is 0 Å². The minimum atomic E-state index is 0.422. The summed E-state index contributed by atoms with van der Waals surface area (Å²) < 4.78 is 0. The first-order chi connectivity index (χ1) is 8.31. The van der Waals surface area contributed by atoms with Gasteiger partial charge in [-0.05, 0) is 29.5 Å². The fourth-order valence-corrected chi connectivity index (χ4v) is 2.82. The topological polar surface area (TPSA) is 0 Å². The van der Waals surface area contributed by atoms with Gasteiger partial charge in [0, 0.05) is 10.4 Å². The molecule has 0 amide bonds. The van der Waals surface area contributed by atoms with Crippen LogP contribution in [0, 0.1) is 0 Å². The van der Waals surface area contributed by atoms with Gasteiger partial charge in [-0.2, -0.15) is 0 Å². The first-order valence-corrected chi connectivity index (χ1v) is 7.15. The van der Waals surface area contributed by atoms with Crippen LogP contribution in [0.4, 0.5) is 0 Å². The number of halogens is 2. The van der Waals surface area contributed by atoms with Gasteiger partial charge in [-0.25, -0.2) is 0 Å². The summed E-state index contributed by atoms with van der Waals surface area (Å²) in [6.45, 7) is 0. The number of alkyl halides is 1. The summed E-state index contributed by atoms with van der Waals surface area (Å²) in [6.07, 6.45) is 1.01. The quantitative estimate of drug-likeness (QED) is 0.692. The molecule has 0 saturated carbocycles. The van der Waals surface area contributed by atoms with Crippen molar-refractivity contribution >= 4 is 27.5 Å². The van der Waals surface area contributed by atoms with E-state index < -0.39 is 0 Å². The molecular weight excluding hydrogens is 296 g/mol. The van der Waals surface area contributed by atoms with E-state index in [4.69, 9.17) is 11.6 Å². The molecule has 0 fully saturated rings. The van der Waals surface area contributed by atoms with Gasteiger partial charge in [0.2, 0.25) is 0 Å². The second kappa shape index (κ2) is 6.23. The standard InChI is InChI=1S/C15H14BrCl/c16-11-13(10-12-6-2-1-3-7-12)14-8-4-5-9-15(14)17/h1-9,13H,10-11H2. The zero-order valence-electron chi connectivity index (χ0n) is 9.44. The van der Waals surface area contributed by atoms with Crippen molar-refractivity contribution in [3.63, 3.8) is 0 Å². The first kappa shape index (κ1) is 12.7. The Labute approximate surface area is 116 Å². The Bertz CT molecular complexity index is 467. The first-order valence-electron chi connectivity index (χ1n) is 5.65. The number of hydrogen-bond acceptors (Lipinski definition) is 0. The van der Waals surface area contributed by atoms with Gasteiger partial charge in [0.05, 0.1) is 0 Å². The molecule has 17 heavy (non-hydrogen) atoms. The summed E-state index contributed by atoms with van der Waals surface area (Å²) in [4.78, 5) is 0. The van der Waals surface area contributed by atoms with Crippen LogP contribution in [0.1, 0.15) is 17.0 Å².